The number of likely N-dealkylation sites (tertiary alicyclic amines) is 1. The fraction of sp³-hybridized carbons (Fsp3) is 0.588. The molecule has 0 aromatic heterocycles. The lowest BCUT2D eigenvalue weighted by atomic mass is 10.0. The SMILES string of the molecule is CCOC(=O)[C@H]1CCCC[NH+]1Cc1ccc(OC)c(OC)c1. The van der Waals surface area contributed by atoms with Crippen LogP contribution in [-0.4, -0.2) is 39.4 Å². The molecular formula is C17H26NO4+. The molecule has 1 aromatic carbocycles. The number of nitrogens with one attached hydrogen (secondary N) is 1. The predicted octanol–water partition coefficient (Wildman–Crippen LogP) is 1.20. The van der Waals surface area contributed by atoms with Crippen molar-refractivity contribution in [2.45, 2.75) is 38.8 Å². The molecule has 1 N–H and O–H groups in total. The summed E-state index contributed by atoms with van der Waals surface area (Å²) in [6, 6.07) is 5.88. The van der Waals surface area contributed by atoms with Gasteiger partial charge >= 0.3 is 5.97 Å². The van der Waals surface area contributed by atoms with E-state index in [2.05, 4.69) is 0 Å². The summed E-state index contributed by atoms with van der Waals surface area (Å²) in [5.74, 6) is 1.38. The van der Waals surface area contributed by atoms with Gasteiger partial charge in [0.2, 0.25) is 0 Å². The Morgan fingerprint density at radius 3 is 2.68 bits per heavy atom. The second-order valence-corrected chi connectivity index (χ2v) is 5.57. The smallest absolute Gasteiger partial charge is 0.364 e. The average Bonchev–Trinajstić information content (AvgIpc) is 2.55. The number of piperidine rings is 1. The molecule has 0 radical (unpaired) electrons. The van der Waals surface area contributed by atoms with Gasteiger partial charge in [-0.3, -0.25) is 0 Å². The van der Waals surface area contributed by atoms with Gasteiger partial charge in [-0.2, -0.15) is 0 Å². The minimum absolute atomic E-state index is 0.0539. The number of hydrogen-bond donors (Lipinski definition) is 1. The summed E-state index contributed by atoms with van der Waals surface area (Å²) in [4.78, 5) is 13.4. The number of esters is 1. The van der Waals surface area contributed by atoms with E-state index in [-0.39, 0.29) is 12.0 Å². The van der Waals surface area contributed by atoms with Gasteiger partial charge in [-0.1, -0.05) is 0 Å². The molecule has 1 aliphatic rings. The van der Waals surface area contributed by atoms with Crippen LogP contribution in [-0.2, 0) is 16.1 Å². The first-order chi connectivity index (χ1) is 10.7. The predicted molar refractivity (Wildman–Crippen MR) is 83.4 cm³/mol. The van der Waals surface area contributed by atoms with E-state index >= 15 is 0 Å². The van der Waals surface area contributed by atoms with E-state index in [1.807, 2.05) is 25.1 Å². The summed E-state index contributed by atoms with van der Waals surface area (Å²) < 4.78 is 15.8. The van der Waals surface area contributed by atoms with Crippen LogP contribution in [0, 0.1) is 0 Å². The minimum Gasteiger partial charge on any atom is -0.493 e. The Kier molecular flexibility index (Phi) is 6.07. The van der Waals surface area contributed by atoms with Gasteiger partial charge in [0.05, 0.1) is 27.4 Å². The summed E-state index contributed by atoms with van der Waals surface area (Å²) in [6.07, 6.45) is 3.15. The van der Waals surface area contributed by atoms with Crippen LogP contribution in [0.1, 0.15) is 31.7 Å². The first kappa shape index (κ1) is 16.6. The number of carbonyl (C=O) groups excluding carboxylic acids is 1. The van der Waals surface area contributed by atoms with Gasteiger partial charge in [0.15, 0.2) is 17.5 Å². The zero-order valence-electron chi connectivity index (χ0n) is 13.7. The van der Waals surface area contributed by atoms with E-state index in [0.717, 1.165) is 49.4 Å². The average molecular weight is 308 g/mol. The molecule has 0 aliphatic carbocycles. The first-order valence-corrected chi connectivity index (χ1v) is 7.91. The number of ether oxygens (including phenoxy) is 3. The molecule has 0 bridgehead atoms. The van der Waals surface area contributed by atoms with Crippen molar-refractivity contribution in [1.82, 2.24) is 0 Å². The van der Waals surface area contributed by atoms with Crippen molar-refractivity contribution in [3.8, 4) is 11.5 Å². The zero-order valence-corrected chi connectivity index (χ0v) is 13.7. The van der Waals surface area contributed by atoms with Gasteiger partial charge in [0, 0.05) is 12.0 Å². The third kappa shape index (κ3) is 3.91. The molecule has 0 amide bonds. The van der Waals surface area contributed by atoms with Crippen molar-refractivity contribution < 1.29 is 23.9 Å². The van der Waals surface area contributed by atoms with Crippen LogP contribution in [0.2, 0.25) is 0 Å². The standard InChI is InChI=1S/C17H25NO4/c1-4-22-17(19)14-7-5-6-10-18(14)12-13-8-9-15(20-2)16(11-13)21-3/h8-9,11,14H,4-7,10,12H2,1-3H3/p+1/t14-/m1/s1. The lowest BCUT2D eigenvalue weighted by Gasteiger charge is -2.31. The molecule has 2 atom stereocenters. The van der Waals surface area contributed by atoms with Crippen LogP contribution < -0.4 is 14.4 Å². The molecule has 1 unspecified atom stereocenters. The Morgan fingerprint density at radius 1 is 1.23 bits per heavy atom. The molecule has 2 rings (SSSR count). The van der Waals surface area contributed by atoms with Gasteiger partial charge in [-0.25, -0.2) is 4.79 Å². The van der Waals surface area contributed by atoms with Crippen molar-refractivity contribution in [3.63, 3.8) is 0 Å². The fourth-order valence-corrected chi connectivity index (χ4v) is 3.07. The van der Waals surface area contributed by atoms with Crippen molar-refractivity contribution in [1.29, 1.82) is 0 Å². The molecule has 22 heavy (non-hydrogen) atoms. The Labute approximate surface area is 132 Å². The number of hydrogen-bond acceptors (Lipinski definition) is 4. The van der Waals surface area contributed by atoms with Gasteiger partial charge < -0.3 is 19.1 Å². The number of methoxy groups -OCH3 is 2. The number of benzene rings is 1. The van der Waals surface area contributed by atoms with Crippen LogP contribution in [0.4, 0.5) is 0 Å². The maximum Gasteiger partial charge on any atom is 0.364 e. The van der Waals surface area contributed by atoms with Gasteiger partial charge in [-0.15, -0.1) is 0 Å². The summed E-state index contributed by atoms with van der Waals surface area (Å²) in [6.45, 7) is 4.09. The van der Waals surface area contributed by atoms with Crippen LogP contribution in [0.15, 0.2) is 18.2 Å². The van der Waals surface area contributed by atoms with Crippen LogP contribution in [0.25, 0.3) is 0 Å². The molecule has 1 aromatic rings. The van der Waals surface area contributed by atoms with E-state index in [1.165, 1.54) is 4.90 Å². The van der Waals surface area contributed by atoms with Crippen molar-refractivity contribution >= 4 is 5.97 Å². The van der Waals surface area contributed by atoms with Crippen molar-refractivity contribution in [2.75, 3.05) is 27.4 Å². The topological polar surface area (TPSA) is 49.2 Å². The van der Waals surface area contributed by atoms with Gasteiger partial charge in [0.1, 0.15) is 6.54 Å². The molecular weight excluding hydrogens is 282 g/mol. The lowest BCUT2D eigenvalue weighted by molar-refractivity contribution is -0.935. The number of rotatable bonds is 6. The summed E-state index contributed by atoms with van der Waals surface area (Å²) in [7, 11) is 3.26. The Bertz CT molecular complexity index is 503. The molecule has 5 heteroatoms. The van der Waals surface area contributed by atoms with E-state index in [9.17, 15) is 4.79 Å². The van der Waals surface area contributed by atoms with E-state index in [4.69, 9.17) is 14.2 Å². The second kappa shape index (κ2) is 8.03. The fourth-order valence-electron chi connectivity index (χ4n) is 3.07. The summed E-state index contributed by atoms with van der Waals surface area (Å²) in [5, 5.41) is 0. The third-order valence-electron chi connectivity index (χ3n) is 4.18. The minimum atomic E-state index is -0.0716. The van der Waals surface area contributed by atoms with Crippen LogP contribution >= 0.6 is 0 Å². The third-order valence-corrected chi connectivity index (χ3v) is 4.18. The second-order valence-electron chi connectivity index (χ2n) is 5.57. The maximum absolute atomic E-state index is 12.1. The lowest BCUT2D eigenvalue weighted by Crippen LogP contribution is -3.16. The van der Waals surface area contributed by atoms with E-state index < -0.39 is 0 Å². The molecule has 1 aliphatic heterocycles. The van der Waals surface area contributed by atoms with Crippen molar-refractivity contribution in [3.05, 3.63) is 23.8 Å². The molecule has 5 nitrogen and oxygen atoms in total. The Morgan fingerprint density at radius 2 is 2.00 bits per heavy atom. The molecule has 1 heterocycles. The highest BCUT2D eigenvalue weighted by molar-refractivity contribution is 5.74. The summed E-state index contributed by atoms with van der Waals surface area (Å²) in [5.41, 5.74) is 1.14. The number of carbonyl (C=O) groups is 1. The normalized spacial score (nSPS) is 21.2. The highest BCUT2D eigenvalue weighted by Crippen LogP contribution is 2.27. The quantitative estimate of drug-likeness (QED) is 0.803. The van der Waals surface area contributed by atoms with Crippen LogP contribution in [0.5, 0.6) is 11.5 Å². The molecule has 0 spiro atoms. The van der Waals surface area contributed by atoms with E-state index in [1.54, 1.807) is 14.2 Å². The highest BCUT2D eigenvalue weighted by atomic mass is 16.5. The Balaban J connectivity index is 2.11. The molecule has 0 saturated carbocycles. The zero-order chi connectivity index (χ0) is 15.9. The highest BCUT2D eigenvalue weighted by Gasteiger charge is 2.33. The molecule has 122 valence electrons. The van der Waals surface area contributed by atoms with Gasteiger partial charge in [0.25, 0.3) is 0 Å². The molecule has 1 fully saturated rings. The molecule has 1 saturated heterocycles. The monoisotopic (exact) mass is 308 g/mol. The van der Waals surface area contributed by atoms with E-state index in [0.29, 0.717) is 6.61 Å². The largest absolute Gasteiger partial charge is 0.493 e. The number of quaternary nitrogens is 1. The van der Waals surface area contributed by atoms with Crippen LogP contribution in [0.3, 0.4) is 0 Å². The van der Waals surface area contributed by atoms with Crippen molar-refractivity contribution in [2.24, 2.45) is 0 Å². The summed E-state index contributed by atoms with van der Waals surface area (Å²) >= 11 is 0. The maximum atomic E-state index is 12.1. The first-order valence-electron chi connectivity index (χ1n) is 7.91. The Hall–Kier alpha value is -1.75. The van der Waals surface area contributed by atoms with Gasteiger partial charge in [-0.05, 0) is 38.0 Å².